The first-order valence-corrected chi connectivity index (χ1v) is 12.7. The second-order valence-corrected chi connectivity index (χ2v) is 9.57. The summed E-state index contributed by atoms with van der Waals surface area (Å²) in [6.45, 7) is 2.26. The molecule has 1 heterocycles. The first kappa shape index (κ1) is 28.1. The molecule has 37 heavy (non-hydrogen) atoms. The van der Waals surface area contributed by atoms with E-state index in [2.05, 4.69) is 29.3 Å². The summed E-state index contributed by atoms with van der Waals surface area (Å²) in [6, 6.07) is 15.0. The summed E-state index contributed by atoms with van der Waals surface area (Å²) >= 11 is 0. The number of ketones is 1. The summed E-state index contributed by atoms with van der Waals surface area (Å²) < 4.78 is 5.43. The van der Waals surface area contributed by atoms with Crippen LogP contribution in [0.25, 0.3) is 0 Å². The van der Waals surface area contributed by atoms with E-state index < -0.39 is 29.7 Å². The minimum Gasteiger partial charge on any atom is -0.388 e. The lowest BCUT2D eigenvalue weighted by Crippen LogP contribution is -2.62. The highest BCUT2D eigenvalue weighted by Gasteiger charge is 2.46. The van der Waals surface area contributed by atoms with Crippen LogP contribution in [0.3, 0.4) is 0 Å². The van der Waals surface area contributed by atoms with Crippen molar-refractivity contribution in [2.45, 2.75) is 44.6 Å². The number of nitrogens with one attached hydrogen (secondary N) is 1. The van der Waals surface area contributed by atoms with Crippen LogP contribution in [0, 0.1) is 17.8 Å². The lowest BCUT2D eigenvalue weighted by molar-refractivity contribution is -0.143. The molecule has 1 atom stereocenters. The number of benzene rings is 2. The minimum absolute atomic E-state index is 0.305. The van der Waals surface area contributed by atoms with Gasteiger partial charge in [0.05, 0.1) is 0 Å². The first-order valence-electron chi connectivity index (χ1n) is 12.7. The fourth-order valence-corrected chi connectivity index (χ4v) is 4.49. The zero-order valence-corrected chi connectivity index (χ0v) is 21.9. The lowest BCUT2D eigenvalue weighted by Gasteiger charge is -2.35. The Morgan fingerprint density at radius 3 is 2.14 bits per heavy atom. The van der Waals surface area contributed by atoms with Gasteiger partial charge in [0.25, 0.3) is 11.8 Å². The molecule has 0 aliphatic carbocycles. The molecule has 2 aromatic rings. The third kappa shape index (κ3) is 7.06. The normalized spacial score (nSPS) is 15.1. The van der Waals surface area contributed by atoms with E-state index in [4.69, 9.17) is 4.74 Å². The van der Waals surface area contributed by atoms with E-state index >= 15 is 0 Å². The van der Waals surface area contributed by atoms with Gasteiger partial charge in [-0.1, -0.05) is 24.0 Å². The van der Waals surface area contributed by atoms with Crippen LogP contribution in [0.1, 0.15) is 59.7 Å². The van der Waals surface area contributed by atoms with Gasteiger partial charge >= 0.3 is 0 Å². The quantitative estimate of drug-likeness (QED) is 0.404. The van der Waals surface area contributed by atoms with Gasteiger partial charge in [0.2, 0.25) is 0 Å². The van der Waals surface area contributed by atoms with E-state index in [9.17, 15) is 19.5 Å². The Balaban J connectivity index is 1.60. The molecule has 0 radical (unpaired) electrons. The van der Waals surface area contributed by atoms with Crippen molar-refractivity contribution in [1.82, 2.24) is 10.2 Å². The highest BCUT2D eigenvalue weighted by Crippen LogP contribution is 2.22. The van der Waals surface area contributed by atoms with E-state index in [1.54, 1.807) is 24.3 Å². The number of ether oxygens (including phenoxy) is 1. The average molecular weight is 505 g/mol. The van der Waals surface area contributed by atoms with Crippen LogP contribution in [0.4, 0.5) is 0 Å². The molecule has 7 nitrogen and oxygen atoms in total. The van der Waals surface area contributed by atoms with Crippen LogP contribution in [0.2, 0.25) is 0 Å². The molecule has 0 spiro atoms. The highest BCUT2D eigenvalue weighted by atomic mass is 16.5. The second kappa shape index (κ2) is 13.2. The predicted octanol–water partition coefficient (Wildman–Crippen LogP) is 2.97. The van der Waals surface area contributed by atoms with E-state index in [0.717, 1.165) is 41.6 Å². The molecule has 1 fully saturated rings. The maximum Gasteiger partial charge on any atom is 0.254 e. The number of Topliss-reactive ketones (excluding diaryl/α,β-unsaturated/α-hetero) is 1. The molecule has 2 N–H and O–H groups in total. The topological polar surface area (TPSA) is 95.9 Å². The van der Waals surface area contributed by atoms with E-state index in [-0.39, 0.29) is 0 Å². The Kier molecular flexibility index (Phi) is 10.0. The van der Waals surface area contributed by atoms with Crippen LogP contribution in [-0.4, -0.2) is 67.1 Å². The van der Waals surface area contributed by atoms with Gasteiger partial charge in [-0.2, -0.15) is 0 Å². The predicted molar refractivity (Wildman–Crippen MR) is 142 cm³/mol. The summed E-state index contributed by atoms with van der Waals surface area (Å²) in [4.78, 5) is 38.7. The summed E-state index contributed by atoms with van der Waals surface area (Å²) in [6.07, 6.45) is 5.87. The van der Waals surface area contributed by atoms with Crippen molar-refractivity contribution >= 4 is 17.6 Å². The van der Waals surface area contributed by atoms with Crippen LogP contribution in [0.5, 0.6) is 0 Å². The zero-order valence-electron chi connectivity index (χ0n) is 21.9. The molecular formula is C30H36N2O5. The molecule has 7 heteroatoms. The number of amides is 2. The van der Waals surface area contributed by atoms with E-state index in [0.29, 0.717) is 5.56 Å². The largest absolute Gasteiger partial charge is 0.388 e. The highest BCUT2D eigenvalue weighted by molar-refractivity contribution is 6.14. The molecule has 3 rings (SSSR count). The van der Waals surface area contributed by atoms with Gasteiger partial charge in [0, 0.05) is 44.0 Å². The number of aliphatic hydroxyl groups excluding tert-OH is 1. The zero-order chi connectivity index (χ0) is 26.8. The fourth-order valence-electron chi connectivity index (χ4n) is 4.49. The number of carbonyl (C=O) groups excluding carboxylic acids is 3. The molecule has 0 bridgehead atoms. The number of hydrogen-bond donors (Lipinski definition) is 2. The number of aliphatic hydroxyl groups is 1. The SMILES string of the molecule is CNC(=O)[C@@](C)(C(=O)CO)N(C)C(=O)c1ccc(C#Cc2ccc(CCCC3CCOCC3)cc2)cc1. The molecule has 1 saturated heterocycles. The van der Waals surface area contributed by atoms with Crippen molar-refractivity contribution in [3.63, 3.8) is 0 Å². The molecule has 2 amide bonds. The van der Waals surface area contributed by atoms with Crippen molar-refractivity contribution in [2.24, 2.45) is 5.92 Å². The second-order valence-electron chi connectivity index (χ2n) is 9.57. The number of rotatable bonds is 9. The Bertz CT molecular complexity index is 1120. The summed E-state index contributed by atoms with van der Waals surface area (Å²) in [5.41, 5.74) is 1.44. The Morgan fingerprint density at radius 1 is 1.03 bits per heavy atom. The van der Waals surface area contributed by atoms with Gasteiger partial charge in [0.1, 0.15) is 6.61 Å². The van der Waals surface area contributed by atoms with Crippen molar-refractivity contribution in [2.75, 3.05) is 33.9 Å². The number of hydrogen-bond acceptors (Lipinski definition) is 5. The Morgan fingerprint density at radius 2 is 1.59 bits per heavy atom. The molecular weight excluding hydrogens is 468 g/mol. The monoisotopic (exact) mass is 504 g/mol. The number of carbonyl (C=O) groups is 3. The van der Waals surface area contributed by atoms with Gasteiger partial charge < -0.3 is 20.1 Å². The van der Waals surface area contributed by atoms with Crippen molar-refractivity contribution in [3.8, 4) is 11.8 Å². The summed E-state index contributed by atoms with van der Waals surface area (Å²) in [7, 11) is 2.74. The minimum atomic E-state index is -1.82. The standard InChI is InChI=1S/C30H36N2O5/c1-30(27(34)21-33,29(36)31-2)32(3)28(35)26-15-13-25(14-16-26)12-11-24-9-7-22(8-10-24)5-4-6-23-17-19-37-20-18-23/h7-10,13-16,23,33H,4-6,17-21H2,1-3H3,(H,31,36)/t30-/m1/s1. The average Bonchev–Trinajstić information content (AvgIpc) is 2.95. The lowest BCUT2D eigenvalue weighted by atomic mass is 9.92. The third-order valence-electron chi connectivity index (χ3n) is 7.19. The molecule has 0 unspecified atom stereocenters. The molecule has 1 aliphatic heterocycles. The van der Waals surface area contributed by atoms with Crippen LogP contribution < -0.4 is 5.32 Å². The van der Waals surface area contributed by atoms with Crippen LogP contribution in [0.15, 0.2) is 48.5 Å². The summed E-state index contributed by atoms with van der Waals surface area (Å²) in [5.74, 6) is 5.10. The van der Waals surface area contributed by atoms with Crippen molar-refractivity contribution < 1.29 is 24.2 Å². The van der Waals surface area contributed by atoms with Crippen molar-refractivity contribution in [1.29, 1.82) is 0 Å². The number of likely N-dealkylation sites (N-methyl/N-ethyl adjacent to an activating group) is 2. The molecule has 196 valence electrons. The van der Waals surface area contributed by atoms with Gasteiger partial charge in [0.15, 0.2) is 11.3 Å². The number of nitrogens with zero attached hydrogens (tertiary/aromatic N) is 1. The summed E-state index contributed by atoms with van der Waals surface area (Å²) in [5, 5.41) is 11.7. The number of aryl methyl sites for hydroxylation is 1. The molecule has 1 aliphatic rings. The van der Waals surface area contributed by atoms with Gasteiger partial charge in [-0.15, -0.1) is 0 Å². The third-order valence-corrected chi connectivity index (χ3v) is 7.19. The first-order chi connectivity index (χ1) is 17.8. The Labute approximate surface area is 219 Å². The van der Waals surface area contributed by atoms with E-state index in [1.807, 2.05) is 12.1 Å². The molecule has 0 saturated carbocycles. The van der Waals surface area contributed by atoms with Gasteiger partial charge in [-0.05, 0) is 86.9 Å². The van der Waals surface area contributed by atoms with Crippen LogP contribution >= 0.6 is 0 Å². The maximum absolute atomic E-state index is 13.0. The van der Waals surface area contributed by atoms with Gasteiger partial charge in [-0.3, -0.25) is 14.4 Å². The van der Waals surface area contributed by atoms with E-state index in [1.165, 1.54) is 52.3 Å². The maximum atomic E-state index is 13.0. The molecule has 0 aromatic heterocycles. The fraction of sp³-hybridized carbons (Fsp3) is 0.433. The van der Waals surface area contributed by atoms with Gasteiger partial charge in [-0.25, -0.2) is 0 Å². The molecule has 2 aromatic carbocycles. The smallest absolute Gasteiger partial charge is 0.254 e. The van der Waals surface area contributed by atoms with Crippen LogP contribution in [-0.2, 0) is 20.7 Å². The Hall–Kier alpha value is -3.47. The van der Waals surface area contributed by atoms with Crippen molar-refractivity contribution in [3.05, 3.63) is 70.8 Å².